The third-order valence-electron chi connectivity index (χ3n) is 7.16. The predicted octanol–water partition coefficient (Wildman–Crippen LogP) is 4.62. The normalized spacial score (nSPS) is 40.4. The molecule has 1 aliphatic heterocycles. The summed E-state index contributed by atoms with van der Waals surface area (Å²) in [5, 5.41) is 0. The monoisotopic (exact) mass is 312 g/mol. The average molecular weight is 312 g/mol. The van der Waals surface area contributed by atoms with Gasteiger partial charge in [0.05, 0.1) is 6.61 Å². The number of rotatable bonds is 4. The van der Waals surface area contributed by atoms with Gasteiger partial charge in [-0.1, -0.05) is 18.6 Å². The van der Waals surface area contributed by atoms with Crippen LogP contribution in [-0.2, 0) is 4.74 Å². The zero-order chi connectivity index (χ0) is 15.6. The van der Waals surface area contributed by atoms with Gasteiger partial charge in [0.15, 0.2) is 0 Å². The van der Waals surface area contributed by atoms with Crippen LogP contribution in [0.5, 0.6) is 5.75 Å². The van der Waals surface area contributed by atoms with Gasteiger partial charge in [0.1, 0.15) is 18.5 Å². The van der Waals surface area contributed by atoms with Crippen LogP contribution in [0.15, 0.2) is 12.1 Å². The van der Waals surface area contributed by atoms with Crippen LogP contribution in [0, 0.1) is 37.5 Å². The number of hydrogen-bond acceptors (Lipinski definition) is 2. The van der Waals surface area contributed by atoms with Gasteiger partial charge in [-0.3, -0.25) is 0 Å². The first kappa shape index (κ1) is 14.3. The van der Waals surface area contributed by atoms with Gasteiger partial charge >= 0.3 is 0 Å². The zero-order valence-electron chi connectivity index (χ0n) is 14.4. The molecule has 23 heavy (non-hydrogen) atoms. The molecule has 6 unspecified atom stereocenters. The molecule has 2 nitrogen and oxygen atoms in total. The van der Waals surface area contributed by atoms with Gasteiger partial charge in [-0.05, 0) is 85.8 Å². The molecule has 1 heterocycles. The van der Waals surface area contributed by atoms with Gasteiger partial charge in [0, 0.05) is 0 Å². The van der Waals surface area contributed by atoms with E-state index in [1.54, 1.807) is 5.56 Å². The smallest absolute Gasteiger partial charge is 0.125 e. The highest BCUT2D eigenvalue weighted by Crippen LogP contribution is 2.63. The Hall–Kier alpha value is -1.02. The first-order chi connectivity index (χ1) is 11.2. The van der Waals surface area contributed by atoms with Crippen LogP contribution in [0.1, 0.15) is 54.7 Å². The minimum atomic E-state index is 0.332. The van der Waals surface area contributed by atoms with Crippen LogP contribution in [0.25, 0.3) is 0 Å². The molecule has 3 saturated carbocycles. The molecular weight excluding hydrogens is 284 g/mol. The maximum atomic E-state index is 6.02. The third-order valence-corrected chi connectivity index (χ3v) is 7.16. The summed E-state index contributed by atoms with van der Waals surface area (Å²) in [6.45, 7) is 6.00. The summed E-state index contributed by atoms with van der Waals surface area (Å²) >= 11 is 0. The number of ether oxygens (including phenoxy) is 2. The largest absolute Gasteiger partial charge is 0.490 e. The Morgan fingerprint density at radius 3 is 2.52 bits per heavy atom. The van der Waals surface area contributed by atoms with Crippen LogP contribution < -0.4 is 4.74 Å². The van der Waals surface area contributed by atoms with Crippen molar-refractivity contribution in [1.29, 1.82) is 0 Å². The first-order valence-electron chi connectivity index (χ1n) is 9.56. The molecule has 4 fully saturated rings. The Balaban J connectivity index is 1.38. The number of benzene rings is 1. The summed E-state index contributed by atoms with van der Waals surface area (Å²) in [4.78, 5) is 0. The predicted molar refractivity (Wildman–Crippen MR) is 90.9 cm³/mol. The molecule has 0 amide bonds. The van der Waals surface area contributed by atoms with Crippen LogP contribution >= 0.6 is 0 Å². The lowest BCUT2D eigenvalue weighted by Gasteiger charge is -2.32. The van der Waals surface area contributed by atoms with Crippen molar-refractivity contribution in [1.82, 2.24) is 0 Å². The lowest BCUT2D eigenvalue weighted by molar-refractivity contribution is 0.232. The third kappa shape index (κ3) is 2.33. The highest BCUT2D eigenvalue weighted by molar-refractivity contribution is 5.45. The SMILES string of the molecule is Cc1cc(C2CC3CC2C2CCCC32)cc(C)c1OCC1CO1. The molecule has 0 spiro atoms. The van der Waals surface area contributed by atoms with E-state index in [1.165, 1.54) is 43.2 Å². The summed E-state index contributed by atoms with van der Waals surface area (Å²) < 4.78 is 11.3. The van der Waals surface area contributed by atoms with E-state index in [4.69, 9.17) is 9.47 Å². The quantitative estimate of drug-likeness (QED) is 0.757. The minimum absolute atomic E-state index is 0.332. The standard InChI is InChI=1S/C21H28O2/c1-12-6-14(7-13(2)21(12)23-11-16-10-22-16)19-8-15-9-20(19)18-5-3-4-17(15)18/h6-7,15-20H,3-5,8-11H2,1-2H3. The maximum Gasteiger partial charge on any atom is 0.125 e. The first-order valence-corrected chi connectivity index (χ1v) is 9.56. The molecule has 2 bridgehead atoms. The van der Waals surface area contributed by atoms with Gasteiger partial charge in [-0.25, -0.2) is 0 Å². The Bertz CT molecular complexity index is 595. The minimum Gasteiger partial charge on any atom is -0.490 e. The van der Waals surface area contributed by atoms with E-state index in [-0.39, 0.29) is 0 Å². The summed E-state index contributed by atoms with van der Waals surface area (Å²) in [7, 11) is 0. The van der Waals surface area contributed by atoms with Crippen LogP contribution in [0.2, 0.25) is 0 Å². The van der Waals surface area contributed by atoms with Gasteiger partial charge in [0.2, 0.25) is 0 Å². The van der Waals surface area contributed by atoms with Crippen molar-refractivity contribution < 1.29 is 9.47 Å². The fourth-order valence-electron chi connectivity index (χ4n) is 6.22. The van der Waals surface area contributed by atoms with Crippen molar-refractivity contribution in [3.05, 3.63) is 28.8 Å². The lowest BCUT2D eigenvalue weighted by Crippen LogP contribution is -2.23. The highest BCUT2D eigenvalue weighted by atomic mass is 16.6. The van der Waals surface area contributed by atoms with Gasteiger partial charge in [0.25, 0.3) is 0 Å². The second-order valence-corrected chi connectivity index (χ2v) is 8.51. The van der Waals surface area contributed by atoms with E-state index >= 15 is 0 Å². The molecule has 0 radical (unpaired) electrons. The Kier molecular flexibility index (Phi) is 3.27. The molecule has 1 aromatic rings. The molecule has 5 rings (SSSR count). The van der Waals surface area contributed by atoms with Gasteiger partial charge in [-0.15, -0.1) is 0 Å². The molecule has 4 aliphatic rings. The molecule has 3 aliphatic carbocycles. The van der Waals surface area contributed by atoms with Crippen molar-refractivity contribution in [3.63, 3.8) is 0 Å². The topological polar surface area (TPSA) is 21.8 Å². The van der Waals surface area contributed by atoms with Crippen LogP contribution in [0.4, 0.5) is 0 Å². The van der Waals surface area contributed by atoms with E-state index < -0.39 is 0 Å². The van der Waals surface area contributed by atoms with E-state index in [2.05, 4.69) is 26.0 Å². The second kappa shape index (κ2) is 5.24. The number of epoxide rings is 1. The molecule has 0 N–H and O–H groups in total. The molecule has 1 saturated heterocycles. The lowest BCUT2D eigenvalue weighted by atomic mass is 9.73. The second-order valence-electron chi connectivity index (χ2n) is 8.51. The van der Waals surface area contributed by atoms with Crippen molar-refractivity contribution in [2.24, 2.45) is 23.7 Å². The maximum absolute atomic E-state index is 6.02. The number of hydrogen-bond donors (Lipinski definition) is 0. The summed E-state index contributed by atoms with van der Waals surface area (Å²) in [6.07, 6.45) is 7.80. The highest BCUT2D eigenvalue weighted by Gasteiger charge is 2.53. The molecule has 0 aromatic heterocycles. The Morgan fingerprint density at radius 1 is 1.04 bits per heavy atom. The van der Waals surface area contributed by atoms with E-state index in [1.807, 2.05) is 0 Å². The van der Waals surface area contributed by atoms with E-state index in [0.717, 1.165) is 41.9 Å². The summed E-state index contributed by atoms with van der Waals surface area (Å²) in [5.41, 5.74) is 4.21. The molecule has 2 heteroatoms. The summed E-state index contributed by atoms with van der Waals surface area (Å²) in [6, 6.07) is 4.84. The van der Waals surface area contributed by atoms with Gasteiger partial charge in [-0.2, -0.15) is 0 Å². The Morgan fingerprint density at radius 2 is 1.78 bits per heavy atom. The fraction of sp³-hybridized carbons (Fsp3) is 0.714. The van der Waals surface area contributed by atoms with E-state index in [9.17, 15) is 0 Å². The van der Waals surface area contributed by atoms with Crippen molar-refractivity contribution in [2.45, 2.75) is 58.0 Å². The molecule has 124 valence electrons. The fourth-order valence-corrected chi connectivity index (χ4v) is 6.22. The van der Waals surface area contributed by atoms with Crippen molar-refractivity contribution in [2.75, 3.05) is 13.2 Å². The molecule has 1 aromatic carbocycles. The van der Waals surface area contributed by atoms with Crippen molar-refractivity contribution in [3.8, 4) is 5.75 Å². The molecular formula is C21H28O2. The van der Waals surface area contributed by atoms with Crippen LogP contribution in [-0.4, -0.2) is 19.3 Å². The van der Waals surface area contributed by atoms with Crippen molar-refractivity contribution >= 4 is 0 Å². The average Bonchev–Trinajstić information content (AvgIpc) is 2.97. The number of fused-ring (bicyclic) bond motifs is 5. The summed E-state index contributed by atoms with van der Waals surface area (Å²) in [5.74, 6) is 6.03. The zero-order valence-corrected chi connectivity index (χ0v) is 14.4. The van der Waals surface area contributed by atoms with E-state index in [0.29, 0.717) is 12.7 Å². The number of aryl methyl sites for hydroxylation is 2. The van der Waals surface area contributed by atoms with Gasteiger partial charge < -0.3 is 9.47 Å². The Labute approximate surface area is 139 Å². The molecule has 6 atom stereocenters. The van der Waals surface area contributed by atoms with Crippen LogP contribution in [0.3, 0.4) is 0 Å².